The fourth-order valence-corrected chi connectivity index (χ4v) is 5.50. The Bertz CT molecular complexity index is 795. The van der Waals surface area contributed by atoms with E-state index in [1.165, 1.54) is 22.4 Å². The highest BCUT2D eigenvalue weighted by atomic mass is 35.5. The highest BCUT2D eigenvalue weighted by molar-refractivity contribution is 6.31. The molecule has 0 amide bonds. The molecule has 1 aliphatic heterocycles. The summed E-state index contributed by atoms with van der Waals surface area (Å²) in [6.45, 7) is 1.82. The summed E-state index contributed by atoms with van der Waals surface area (Å²) in [6.07, 6.45) is 5.18. The van der Waals surface area contributed by atoms with Crippen molar-refractivity contribution in [3.63, 3.8) is 0 Å². The summed E-state index contributed by atoms with van der Waals surface area (Å²) in [7, 11) is 1.74. The third kappa shape index (κ3) is 3.61. The molecular formula is C23H29ClNO2+. The molecule has 3 nitrogen and oxygen atoms in total. The maximum Gasteiger partial charge on any atom is 0.128 e. The molecule has 4 atom stereocenters. The minimum absolute atomic E-state index is 0.219. The van der Waals surface area contributed by atoms with Gasteiger partial charge in [-0.3, -0.25) is 0 Å². The first-order valence-corrected chi connectivity index (χ1v) is 10.4. The Labute approximate surface area is 166 Å². The average Bonchev–Trinajstić information content (AvgIpc) is 2.69. The summed E-state index contributed by atoms with van der Waals surface area (Å²) in [5.74, 6) is 1.18. The van der Waals surface area contributed by atoms with E-state index in [1.807, 2.05) is 24.3 Å². The summed E-state index contributed by atoms with van der Waals surface area (Å²) < 4.78 is 5.71. The van der Waals surface area contributed by atoms with Crippen molar-refractivity contribution in [3.8, 4) is 5.75 Å². The number of halogens is 1. The SMILES string of the molecule is COc1ccccc1[C@@H]1[C@@H]2CCCC[C@]2(O)CC[NH+]1Cc1ccccc1Cl. The minimum atomic E-state index is -0.548. The Morgan fingerprint density at radius 3 is 2.70 bits per heavy atom. The average molecular weight is 387 g/mol. The molecule has 1 saturated carbocycles. The lowest BCUT2D eigenvalue weighted by Crippen LogP contribution is -3.13. The van der Waals surface area contributed by atoms with E-state index in [-0.39, 0.29) is 12.0 Å². The van der Waals surface area contributed by atoms with Crippen molar-refractivity contribution in [2.45, 2.75) is 50.3 Å². The number of hydrogen-bond donors (Lipinski definition) is 2. The van der Waals surface area contributed by atoms with Gasteiger partial charge in [0.1, 0.15) is 18.3 Å². The van der Waals surface area contributed by atoms with Gasteiger partial charge in [0.15, 0.2) is 0 Å². The molecule has 2 aromatic carbocycles. The molecule has 0 aromatic heterocycles. The highest BCUT2D eigenvalue weighted by Gasteiger charge is 2.52. The number of fused-ring (bicyclic) bond motifs is 1. The number of nitrogens with one attached hydrogen (secondary N) is 1. The van der Waals surface area contributed by atoms with Crippen molar-refractivity contribution in [3.05, 3.63) is 64.7 Å². The van der Waals surface area contributed by atoms with Gasteiger partial charge in [-0.1, -0.05) is 54.8 Å². The van der Waals surface area contributed by atoms with Gasteiger partial charge in [0, 0.05) is 22.9 Å². The molecule has 27 heavy (non-hydrogen) atoms. The van der Waals surface area contributed by atoms with Crippen LogP contribution in [0.15, 0.2) is 48.5 Å². The number of rotatable bonds is 4. The van der Waals surface area contributed by atoms with Gasteiger partial charge in [-0.2, -0.15) is 0 Å². The first-order valence-electron chi connectivity index (χ1n) is 10.1. The van der Waals surface area contributed by atoms with E-state index in [0.29, 0.717) is 0 Å². The molecule has 2 N–H and O–H groups in total. The number of para-hydroxylation sites is 1. The normalized spacial score (nSPS) is 30.6. The standard InChI is InChI=1S/C23H28ClNO2/c1-27-21-12-5-3-9-18(21)22-19-10-6-7-13-23(19,26)14-15-25(22)16-17-8-2-4-11-20(17)24/h2-5,8-9,11-12,19,22,26H,6-7,10,13-16H2,1H3/p+1/t19-,22+,23-/m0/s1. The predicted octanol–water partition coefficient (Wildman–Crippen LogP) is 3.80. The number of ether oxygens (including phenoxy) is 1. The zero-order valence-corrected chi connectivity index (χ0v) is 16.7. The second-order valence-corrected chi connectivity index (χ2v) is 8.51. The lowest BCUT2D eigenvalue weighted by atomic mass is 9.66. The van der Waals surface area contributed by atoms with Gasteiger partial charge >= 0.3 is 0 Å². The summed E-state index contributed by atoms with van der Waals surface area (Å²) >= 11 is 6.47. The van der Waals surface area contributed by atoms with Gasteiger partial charge in [0.2, 0.25) is 0 Å². The largest absolute Gasteiger partial charge is 0.496 e. The Morgan fingerprint density at radius 1 is 1.11 bits per heavy atom. The maximum absolute atomic E-state index is 11.4. The van der Waals surface area contributed by atoms with E-state index >= 15 is 0 Å². The molecule has 0 radical (unpaired) electrons. The summed E-state index contributed by atoms with van der Waals surface area (Å²) in [5, 5.41) is 12.3. The topological polar surface area (TPSA) is 33.9 Å². The van der Waals surface area contributed by atoms with Crippen LogP contribution in [0.4, 0.5) is 0 Å². The number of piperidine rings is 1. The molecule has 4 rings (SSSR count). The van der Waals surface area contributed by atoms with Gasteiger partial charge in [0.05, 0.1) is 24.8 Å². The van der Waals surface area contributed by atoms with Crippen LogP contribution in [0, 0.1) is 5.92 Å². The number of methoxy groups -OCH3 is 1. The monoisotopic (exact) mass is 386 g/mol. The number of benzene rings is 2. The van der Waals surface area contributed by atoms with Crippen LogP contribution in [-0.2, 0) is 6.54 Å². The molecule has 1 heterocycles. The van der Waals surface area contributed by atoms with Crippen molar-refractivity contribution >= 4 is 11.6 Å². The lowest BCUT2D eigenvalue weighted by Gasteiger charge is -2.50. The van der Waals surface area contributed by atoms with E-state index in [1.54, 1.807) is 7.11 Å². The third-order valence-electron chi connectivity index (χ3n) is 6.64. The van der Waals surface area contributed by atoms with Crippen molar-refractivity contribution in [1.82, 2.24) is 0 Å². The number of hydrogen-bond acceptors (Lipinski definition) is 2. The molecule has 2 aliphatic rings. The van der Waals surface area contributed by atoms with Gasteiger partial charge in [0.25, 0.3) is 0 Å². The van der Waals surface area contributed by atoms with E-state index in [2.05, 4.69) is 24.3 Å². The Hall–Kier alpha value is -1.55. The second-order valence-electron chi connectivity index (χ2n) is 8.10. The molecule has 0 bridgehead atoms. The maximum atomic E-state index is 11.4. The van der Waals surface area contributed by atoms with E-state index in [4.69, 9.17) is 16.3 Å². The summed E-state index contributed by atoms with van der Waals surface area (Å²) in [6, 6.07) is 16.7. The molecule has 1 unspecified atom stereocenters. The van der Waals surface area contributed by atoms with Crippen molar-refractivity contribution in [2.75, 3.05) is 13.7 Å². The van der Waals surface area contributed by atoms with Gasteiger partial charge < -0.3 is 14.7 Å². The number of likely N-dealkylation sites (tertiary alicyclic amines) is 1. The first kappa shape index (κ1) is 18.8. The Kier molecular flexibility index (Phi) is 5.45. The first-order chi connectivity index (χ1) is 13.1. The molecule has 1 aliphatic carbocycles. The molecular weight excluding hydrogens is 358 g/mol. The van der Waals surface area contributed by atoms with Crippen molar-refractivity contribution < 1.29 is 14.7 Å². The van der Waals surface area contributed by atoms with E-state index in [0.717, 1.165) is 49.5 Å². The Balaban J connectivity index is 1.74. The van der Waals surface area contributed by atoms with Crippen LogP contribution in [0.25, 0.3) is 0 Å². The highest BCUT2D eigenvalue weighted by Crippen LogP contribution is 2.45. The second kappa shape index (κ2) is 7.83. The molecule has 144 valence electrons. The number of quaternary nitrogens is 1. The zero-order chi connectivity index (χ0) is 18.9. The summed E-state index contributed by atoms with van der Waals surface area (Å²) in [5.41, 5.74) is 1.84. The molecule has 1 saturated heterocycles. The van der Waals surface area contributed by atoms with Crippen LogP contribution in [0.3, 0.4) is 0 Å². The van der Waals surface area contributed by atoms with Crippen LogP contribution in [-0.4, -0.2) is 24.4 Å². The molecule has 4 heteroatoms. The van der Waals surface area contributed by atoms with Crippen LogP contribution >= 0.6 is 11.6 Å². The van der Waals surface area contributed by atoms with Gasteiger partial charge in [-0.25, -0.2) is 0 Å². The van der Waals surface area contributed by atoms with Gasteiger partial charge in [-0.15, -0.1) is 0 Å². The Morgan fingerprint density at radius 2 is 1.89 bits per heavy atom. The molecule has 2 fully saturated rings. The van der Waals surface area contributed by atoms with Crippen LogP contribution < -0.4 is 9.64 Å². The van der Waals surface area contributed by atoms with Crippen molar-refractivity contribution in [2.24, 2.45) is 5.92 Å². The zero-order valence-electron chi connectivity index (χ0n) is 16.0. The third-order valence-corrected chi connectivity index (χ3v) is 7.00. The van der Waals surface area contributed by atoms with E-state index < -0.39 is 5.60 Å². The van der Waals surface area contributed by atoms with Crippen LogP contribution in [0.2, 0.25) is 5.02 Å². The summed E-state index contributed by atoms with van der Waals surface area (Å²) in [4.78, 5) is 1.48. The lowest BCUT2D eigenvalue weighted by molar-refractivity contribution is -0.958. The predicted molar refractivity (Wildman–Crippen MR) is 108 cm³/mol. The van der Waals surface area contributed by atoms with Crippen molar-refractivity contribution in [1.29, 1.82) is 0 Å². The number of aliphatic hydroxyl groups is 1. The fourth-order valence-electron chi connectivity index (χ4n) is 5.30. The molecule has 0 spiro atoms. The van der Waals surface area contributed by atoms with Crippen LogP contribution in [0.5, 0.6) is 5.75 Å². The van der Waals surface area contributed by atoms with E-state index in [9.17, 15) is 5.11 Å². The smallest absolute Gasteiger partial charge is 0.128 e. The molecule has 2 aromatic rings. The fraction of sp³-hybridized carbons (Fsp3) is 0.478. The van der Waals surface area contributed by atoms with Gasteiger partial charge in [-0.05, 0) is 31.0 Å². The quantitative estimate of drug-likeness (QED) is 0.838. The minimum Gasteiger partial charge on any atom is -0.496 e. The van der Waals surface area contributed by atoms with Crippen LogP contribution in [0.1, 0.15) is 49.3 Å².